The molecule has 2 heterocycles. The molecule has 2 atom stereocenters. The normalized spacial score (nSPS) is 15.6. The van der Waals surface area contributed by atoms with Crippen LogP contribution in [0, 0.1) is 0 Å². The molecule has 1 fully saturated rings. The zero-order chi connectivity index (χ0) is 37.5. The number of nitrogens with zero attached hydrogens (tertiary/aromatic N) is 3. The Kier molecular flexibility index (Phi) is 13.1. The van der Waals surface area contributed by atoms with E-state index in [0.717, 1.165) is 26.8 Å². The van der Waals surface area contributed by atoms with Crippen LogP contribution in [0.2, 0.25) is 0 Å². The molecule has 0 radical (unpaired) electrons. The number of thiophene rings is 1. The van der Waals surface area contributed by atoms with Crippen LogP contribution in [-0.2, 0) is 32.0 Å². The highest BCUT2D eigenvalue weighted by atomic mass is 32.1. The van der Waals surface area contributed by atoms with E-state index in [2.05, 4.69) is 5.32 Å². The minimum atomic E-state index is -0.914. The second kappa shape index (κ2) is 16.9. The third-order valence-corrected chi connectivity index (χ3v) is 10.0. The quantitative estimate of drug-likeness (QED) is 0.223. The predicted octanol–water partition coefficient (Wildman–Crippen LogP) is 5.96. The number of hydrogen-bond acceptors (Lipinski definition) is 7. The highest BCUT2D eigenvalue weighted by Gasteiger charge is 2.37. The topological polar surface area (TPSA) is 119 Å². The lowest BCUT2D eigenvalue weighted by Gasteiger charge is -2.38. The van der Waals surface area contributed by atoms with Gasteiger partial charge in [0.15, 0.2) is 0 Å². The predicted molar refractivity (Wildman–Crippen MR) is 202 cm³/mol. The number of ether oxygens (including phenoxy) is 1. The van der Waals surface area contributed by atoms with Crippen molar-refractivity contribution in [1.29, 1.82) is 0 Å². The molecule has 0 aliphatic carbocycles. The van der Waals surface area contributed by atoms with Crippen molar-refractivity contribution in [2.75, 3.05) is 27.2 Å². The molecule has 10 nitrogen and oxygen atoms in total. The van der Waals surface area contributed by atoms with Crippen molar-refractivity contribution in [3.8, 4) is 0 Å². The van der Waals surface area contributed by atoms with Crippen LogP contribution in [-0.4, -0.2) is 100 Å². The van der Waals surface area contributed by atoms with Gasteiger partial charge < -0.3 is 29.9 Å². The lowest BCUT2D eigenvalue weighted by Crippen LogP contribution is -2.57. The summed E-state index contributed by atoms with van der Waals surface area (Å²) >= 11 is 1.53. The van der Waals surface area contributed by atoms with E-state index in [1.54, 1.807) is 39.8 Å². The van der Waals surface area contributed by atoms with Gasteiger partial charge in [-0.1, -0.05) is 54.1 Å². The van der Waals surface area contributed by atoms with Crippen LogP contribution in [0.15, 0.2) is 71.6 Å². The molecular formula is C40H54N4O6S. The zero-order valence-electron chi connectivity index (χ0n) is 31.3. The van der Waals surface area contributed by atoms with Gasteiger partial charge in [0.25, 0.3) is 0 Å². The van der Waals surface area contributed by atoms with Crippen LogP contribution >= 0.6 is 11.3 Å². The Morgan fingerprint density at radius 1 is 0.941 bits per heavy atom. The van der Waals surface area contributed by atoms with E-state index in [9.17, 15) is 24.3 Å². The first-order chi connectivity index (χ1) is 23.9. The molecule has 1 saturated heterocycles. The third kappa shape index (κ3) is 11.4. The summed E-state index contributed by atoms with van der Waals surface area (Å²) in [6, 6.07) is 16.2. The van der Waals surface area contributed by atoms with Crippen molar-refractivity contribution >= 4 is 45.9 Å². The second-order valence-corrected chi connectivity index (χ2v) is 16.4. The molecular weight excluding hydrogens is 665 g/mol. The van der Waals surface area contributed by atoms with E-state index in [1.807, 2.05) is 80.7 Å². The van der Waals surface area contributed by atoms with E-state index < -0.39 is 35.4 Å². The average Bonchev–Trinajstić information content (AvgIpc) is 3.57. The van der Waals surface area contributed by atoms with Gasteiger partial charge in [-0.15, -0.1) is 11.3 Å². The van der Waals surface area contributed by atoms with Crippen molar-refractivity contribution < 1.29 is 29.0 Å². The van der Waals surface area contributed by atoms with Gasteiger partial charge in [-0.05, 0) is 88.6 Å². The molecule has 0 unspecified atom stereocenters. The van der Waals surface area contributed by atoms with E-state index in [-0.39, 0.29) is 24.1 Å². The highest BCUT2D eigenvalue weighted by Crippen LogP contribution is 2.24. The number of aliphatic hydroxyl groups excluding tert-OH is 1. The van der Waals surface area contributed by atoms with Crippen LogP contribution in [0.3, 0.4) is 0 Å². The Morgan fingerprint density at radius 2 is 1.61 bits per heavy atom. The molecule has 4 rings (SSSR count). The number of aliphatic hydroxyl groups is 1. The van der Waals surface area contributed by atoms with E-state index >= 15 is 0 Å². The fraction of sp³-hybridized carbons (Fsp3) is 0.500. The van der Waals surface area contributed by atoms with Gasteiger partial charge in [0.1, 0.15) is 17.7 Å². The Morgan fingerprint density at radius 3 is 2.24 bits per heavy atom. The number of carbonyl (C=O) groups is 4. The SMILES string of the molecule is C/C(=C\C(=O)N(C)[C@H](Cc1ccc2ccccc2c1)C(=O)N(C)[C@H](Cc1cccs1)C(=O)N1CCC(O)CC1)CC(C)(C)NC(=O)OC(C)(C)C. The standard InChI is InChI=1S/C40H54N4O6S/c1-27(26-40(5,6)41-38(49)50-39(2,3)4)22-35(46)42(7)33(24-28-15-16-29-12-9-10-13-30(29)23-28)36(47)43(8)34(25-32-14-11-21-51-32)37(48)44-19-17-31(45)18-20-44/h9-16,21-23,31,33-34,45H,17-20,24-26H2,1-8H3,(H,41,49)/b27-22+/t33-,34-/m1/s1. The van der Waals surface area contributed by atoms with Gasteiger partial charge in [-0.25, -0.2) is 4.79 Å². The number of alkyl carbamates (subject to hydrolysis) is 1. The first-order valence-electron chi connectivity index (χ1n) is 17.6. The fourth-order valence-electron chi connectivity index (χ4n) is 6.51. The summed E-state index contributed by atoms with van der Waals surface area (Å²) in [6.45, 7) is 11.8. The average molecular weight is 719 g/mol. The number of nitrogens with one attached hydrogen (secondary N) is 1. The van der Waals surface area contributed by atoms with Crippen molar-refractivity contribution in [1.82, 2.24) is 20.0 Å². The fourth-order valence-corrected chi connectivity index (χ4v) is 7.26. The molecule has 0 spiro atoms. The van der Waals surface area contributed by atoms with E-state index in [4.69, 9.17) is 4.74 Å². The Balaban J connectivity index is 1.62. The number of amides is 4. The second-order valence-electron chi connectivity index (χ2n) is 15.3. The Hall–Kier alpha value is -4.22. The smallest absolute Gasteiger partial charge is 0.408 e. The monoisotopic (exact) mass is 718 g/mol. The van der Waals surface area contributed by atoms with Crippen LogP contribution < -0.4 is 5.32 Å². The molecule has 3 aromatic rings. The number of rotatable bonds is 12. The third-order valence-electron chi connectivity index (χ3n) is 9.12. The summed E-state index contributed by atoms with van der Waals surface area (Å²) in [5.74, 6) is -0.872. The number of hydrogen-bond donors (Lipinski definition) is 2. The number of benzene rings is 2. The number of likely N-dealkylation sites (N-methyl/N-ethyl adjacent to an activating group) is 2. The summed E-state index contributed by atoms with van der Waals surface area (Å²) in [5.41, 5.74) is 0.251. The molecule has 0 saturated carbocycles. The van der Waals surface area contributed by atoms with Crippen molar-refractivity contribution in [3.63, 3.8) is 0 Å². The first-order valence-corrected chi connectivity index (χ1v) is 18.5. The highest BCUT2D eigenvalue weighted by molar-refractivity contribution is 7.09. The van der Waals surface area contributed by atoms with Crippen molar-refractivity contribution in [2.24, 2.45) is 0 Å². The van der Waals surface area contributed by atoms with Gasteiger partial charge in [-0.3, -0.25) is 14.4 Å². The number of carbonyl (C=O) groups excluding carboxylic acids is 4. The maximum absolute atomic E-state index is 14.7. The molecule has 1 aliphatic heterocycles. The molecule has 0 bridgehead atoms. The van der Waals surface area contributed by atoms with E-state index in [1.165, 1.54) is 27.2 Å². The summed E-state index contributed by atoms with van der Waals surface area (Å²) < 4.78 is 5.43. The van der Waals surface area contributed by atoms with Gasteiger partial charge >= 0.3 is 6.09 Å². The Bertz CT molecular complexity index is 1700. The molecule has 4 amide bonds. The minimum absolute atomic E-state index is 0.167. The molecule has 51 heavy (non-hydrogen) atoms. The van der Waals surface area contributed by atoms with Crippen LogP contribution in [0.25, 0.3) is 10.8 Å². The molecule has 2 aromatic carbocycles. The summed E-state index contributed by atoms with van der Waals surface area (Å²) in [4.78, 5) is 60.8. The first kappa shape index (κ1) is 39.6. The minimum Gasteiger partial charge on any atom is -0.444 e. The molecule has 1 aliphatic rings. The lowest BCUT2D eigenvalue weighted by atomic mass is 9.95. The zero-order valence-corrected chi connectivity index (χ0v) is 32.1. The maximum atomic E-state index is 14.7. The maximum Gasteiger partial charge on any atom is 0.408 e. The number of fused-ring (bicyclic) bond motifs is 1. The number of likely N-dealkylation sites (tertiary alicyclic amines) is 1. The molecule has 2 N–H and O–H groups in total. The molecule has 11 heteroatoms. The van der Waals surface area contributed by atoms with Gasteiger partial charge in [0.05, 0.1) is 6.10 Å². The van der Waals surface area contributed by atoms with Crippen molar-refractivity contribution in [2.45, 2.75) is 103 Å². The largest absolute Gasteiger partial charge is 0.444 e. The van der Waals surface area contributed by atoms with Crippen LogP contribution in [0.5, 0.6) is 0 Å². The van der Waals surface area contributed by atoms with Gasteiger partial charge in [0, 0.05) is 56.5 Å². The van der Waals surface area contributed by atoms with Crippen molar-refractivity contribution in [3.05, 3.63) is 82.1 Å². The van der Waals surface area contributed by atoms with Crippen LogP contribution in [0.1, 0.15) is 71.2 Å². The van der Waals surface area contributed by atoms with E-state index in [0.29, 0.717) is 38.8 Å². The summed E-state index contributed by atoms with van der Waals surface area (Å²) in [5, 5.41) is 17.0. The summed E-state index contributed by atoms with van der Waals surface area (Å²) in [7, 11) is 3.27. The summed E-state index contributed by atoms with van der Waals surface area (Å²) in [6.07, 6.45) is 2.47. The van der Waals surface area contributed by atoms with Gasteiger partial charge in [-0.2, -0.15) is 0 Å². The lowest BCUT2D eigenvalue weighted by molar-refractivity contribution is -0.150. The Labute approximate surface area is 306 Å². The molecule has 1 aromatic heterocycles. The molecule has 276 valence electrons. The van der Waals surface area contributed by atoms with Crippen LogP contribution in [0.4, 0.5) is 4.79 Å². The number of piperidine rings is 1. The van der Waals surface area contributed by atoms with Gasteiger partial charge in [0.2, 0.25) is 17.7 Å².